The van der Waals surface area contributed by atoms with E-state index in [0.717, 1.165) is 18.3 Å². The Hall–Kier alpha value is -1.64. The molecular formula is C14H19NO2. The van der Waals surface area contributed by atoms with Gasteiger partial charge >= 0.3 is 0 Å². The highest BCUT2D eigenvalue weighted by Gasteiger charge is 2.17. The molecule has 0 spiro atoms. The number of carbonyl (C=O) groups excluding carboxylic acids is 2. The van der Waals surface area contributed by atoms with Crippen LogP contribution < -0.4 is 5.32 Å². The van der Waals surface area contributed by atoms with Crippen molar-refractivity contribution < 1.29 is 9.59 Å². The average molecular weight is 233 g/mol. The van der Waals surface area contributed by atoms with Crippen molar-refractivity contribution in [1.29, 1.82) is 0 Å². The van der Waals surface area contributed by atoms with Gasteiger partial charge in [0.15, 0.2) is 0 Å². The monoisotopic (exact) mass is 233 g/mol. The van der Waals surface area contributed by atoms with Crippen LogP contribution in [0.15, 0.2) is 24.3 Å². The summed E-state index contributed by atoms with van der Waals surface area (Å²) in [6, 6.07) is 7.11. The van der Waals surface area contributed by atoms with E-state index in [0.29, 0.717) is 12.0 Å². The van der Waals surface area contributed by atoms with Gasteiger partial charge in [0.05, 0.1) is 6.42 Å². The Bertz CT molecular complexity index is 410. The van der Waals surface area contributed by atoms with Crippen LogP contribution in [0, 0.1) is 0 Å². The van der Waals surface area contributed by atoms with Gasteiger partial charge in [0.25, 0.3) is 0 Å². The molecule has 1 amide bonds. The first-order chi connectivity index (χ1) is 7.96. The molecule has 0 radical (unpaired) electrons. The maximum atomic E-state index is 11.8. The molecule has 0 unspecified atom stereocenters. The largest absolute Gasteiger partial charge is 0.351 e. The second-order valence-corrected chi connectivity index (χ2v) is 4.83. The summed E-state index contributed by atoms with van der Waals surface area (Å²) in [5.74, 6) is -0.0140. The van der Waals surface area contributed by atoms with Crippen molar-refractivity contribution in [2.75, 3.05) is 0 Å². The second-order valence-electron chi connectivity index (χ2n) is 4.83. The number of hydrogen-bond donors (Lipinski definition) is 1. The molecule has 0 atom stereocenters. The summed E-state index contributed by atoms with van der Waals surface area (Å²) in [6.45, 7) is 6.02. The van der Waals surface area contributed by atoms with Crippen LogP contribution in [0.25, 0.3) is 0 Å². The Kier molecular flexibility index (Phi) is 4.44. The molecule has 0 saturated heterocycles. The number of hydrogen-bond acceptors (Lipinski definition) is 2. The zero-order valence-corrected chi connectivity index (χ0v) is 10.6. The van der Waals surface area contributed by atoms with Crippen LogP contribution in [-0.2, 0) is 11.2 Å². The molecule has 0 heterocycles. The third-order valence-electron chi connectivity index (χ3n) is 2.81. The molecule has 17 heavy (non-hydrogen) atoms. The van der Waals surface area contributed by atoms with E-state index in [4.69, 9.17) is 0 Å². The van der Waals surface area contributed by atoms with Crippen molar-refractivity contribution in [3.63, 3.8) is 0 Å². The van der Waals surface area contributed by atoms with Crippen LogP contribution in [0.3, 0.4) is 0 Å². The molecule has 0 aliphatic heterocycles. The highest BCUT2D eigenvalue weighted by Crippen LogP contribution is 2.09. The van der Waals surface area contributed by atoms with Gasteiger partial charge in [0.2, 0.25) is 5.91 Å². The highest BCUT2D eigenvalue weighted by molar-refractivity contribution is 5.80. The van der Waals surface area contributed by atoms with Crippen LogP contribution in [-0.4, -0.2) is 17.7 Å². The summed E-state index contributed by atoms with van der Waals surface area (Å²) in [7, 11) is 0. The molecule has 1 aromatic rings. The summed E-state index contributed by atoms with van der Waals surface area (Å²) in [6.07, 6.45) is 1.98. The van der Waals surface area contributed by atoms with E-state index >= 15 is 0 Å². The van der Waals surface area contributed by atoms with E-state index in [9.17, 15) is 9.59 Å². The number of rotatable bonds is 5. The molecule has 0 bridgehead atoms. The molecule has 92 valence electrons. The van der Waals surface area contributed by atoms with Gasteiger partial charge in [0.1, 0.15) is 6.29 Å². The van der Waals surface area contributed by atoms with Gasteiger partial charge in [-0.3, -0.25) is 9.59 Å². The molecule has 0 saturated carbocycles. The number of amides is 1. The average Bonchev–Trinajstić information content (AvgIpc) is 2.28. The third kappa shape index (κ3) is 4.39. The summed E-state index contributed by atoms with van der Waals surface area (Å²) in [5, 5.41) is 2.96. The summed E-state index contributed by atoms with van der Waals surface area (Å²) >= 11 is 0. The lowest BCUT2D eigenvalue weighted by molar-refractivity contribution is -0.122. The lowest BCUT2D eigenvalue weighted by Crippen LogP contribution is -2.43. The van der Waals surface area contributed by atoms with Crippen molar-refractivity contribution in [2.45, 2.75) is 39.2 Å². The lowest BCUT2D eigenvalue weighted by atomic mass is 10.0. The minimum Gasteiger partial charge on any atom is -0.351 e. The summed E-state index contributed by atoms with van der Waals surface area (Å²) in [4.78, 5) is 22.4. The quantitative estimate of drug-likeness (QED) is 0.793. The van der Waals surface area contributed by atoms with Crippen molar-refractivity contribution >= 4 is 12.2 Å². The zero-order chi connectivity index (χ0) is 12.9. The first-order valence-electron chi connectivity index (χ1n) is 5.82. The third-order valence-corrected chi connectivity index (χ3v) is 2.81. The number of carbonyl (C=O) groups is 2. The van der Waals surface area contributed by atoms with E-state index in [-0.39, 0.29) is 11.4 Å². The molecule has 3 nitrogen and oxygen atoms in total. The van der Waals surface area contributed by atoms with Crippen molar-refractivity contribution in [1.82, 2.24) is 5.32 Å². The van der Waals surface area contributed by atoms with Gasteiger partial charge in [-0.1, -0.05) is 25.1 Å². The van der Waals surface area contributed by atoms with Crippen LogP contribution in [0.2, 0.25) is 0 Å². The first-order valence-corrected chi connectivity index (χ1v) is 5.82. The molecule has 1 rings (SSSR count). The van der Waals surface area contributed by atoms with E-state index in [1.165, 1.54) is 0 Å². The lowest BCUT2D eigenvalue weighted by Gasteiger charge is -2.24. The van der Waals surface area contributed by atoms with E-state index < -0.39 is 0 Å². The van der Waals surface area contributed by atoms with E-state index in [2.05, 4.69) is 5.32 Å². The number of benzene rings is 1. The minimum atomic E-state index is -0.181. The van der Waals surface area contributed by atoms with Crippen LogP contribution in [0.1, 0.15) is 43.1 Å². The first kappa shape index (κ1) is 13.4. The SMILES string of the molecule is CCC(C)(C)NC(=O)Cc1cccc(C=O)c1. The molecule has 1 aromatic carbocycles. The fraction of sp³-hybridized carbons (Fsp3) is 0.429. The van der Waals surface area contributed by atoms with Gasteiger partial charge < -0.3 is 5.32 Å². The fourth-order valence-corrected chi connectivity index (χ4v) is 1.47. The summed E-state index contributed by atoms with van der Waals surface area (Å²) < 4.78 is 0. The van der Waals surface area contributed by atoms with Crippen LogP contribution >= 0.6 is 0 Å². The van der Waals surface area contributed by atoms with Gasteiger partial charge in [-0.25, -0.2) is 0 Å². The van der Waals surface area contributed by atoms with Crippen molar-refractivity contribution in [3.05, 3.63) is 35.4 Å². The van der Waals surface area contributed by atoms with Crippen LogP contribution in [0.4, 0.5) is 0 Å². The predicted molar refractivity (Wildman–Crippen MR) is 68.0 cm³/mol. The predicted octanol–water partition coefficient (Wildman–Crippen LogP) is 2.35. The maximum Gasteiger partial charge on any atom is 0.224 e. The van der Waals surface area contributed by atoms with Gasteiger partial charge in [-0.05, 0) is 31.9 Å². The minimum absolute atomic E-state index is 0.0140. The Morgan fingerprint density at radius 2 is 2.12 bits per heavy atom. The highest BCUT2D eigenvalue weighted by atomic mass is 16.1. The standard InChI is InChI=1S/C14H19NO2/c1-4-14(2,3)15-13(17)9-11-6-5-7-12(8-11)10-16/h5-8,10H,4,9H2,1-3H3,(H,15,17). The van der Waals surface area contributed by atoms with Crippen molar-refractivity contribution in [2.24, 2.45) is 0 Å². The maximum absolute atomic E-state index is 11.8. The Labute approximate surface area is 102 Å². The van der Waals surface area contributed by atoms with Gasteiger partial charge in [-0.2, -0.15) is 0 Å². The summed E-state index contributed by atoms with van der Waals surface area (Å²) in [5.41, 5.74) is 1.28. The number of nitrogens with one attached hydrogen (secondary N) is 1. The fourth-order valence-electron chi connectivity index (χ4n) is 1.47. The van der Waals surface area contributed by atoms with E-state index in [1.54, 1.807) is 18.2 Å². The molecule has 1 N–H and O–H groups in total. The second kappa shape index (κ2) is 5.62. The molecule has 0 fully saturated rings. The van der Waals surface area contributed by atoms with Crippen LogP contribution in [0.5, 0.6) is 0 Å². The normalized spacial score (nSPS) is 11.0. The molecule has 0 aliphatic carbocycles. The molecule has 0 aromatic heterocycles. The Morgan fingerprint density at radius 3 is 2.71 bits per heavy atom. The zero-order valence-electron chi connectivity index (χ0n) is 10.6. The number of aldehydes is 1. The molecule has 3 heteroatoms. The topological polar surface area (TPSA) is 46.2 Å². The van der Waals surface area contributed by atoms with Crippen molar-refractivity contribution in [3.8, 4) is 0 Å². The van der Waals surface area contributed by atoms with Gasteiger partial charge in [0, 0.05) is 11.1 Å². The van der Waals surface area contributed by atoms with E-state index in [1.807, 2.05) is 26.8 Å². The molecular weight excluding hydrogens is 214 g/mol. The smallest absolute Gasteiger partial charge is 0.224 e. The Balaban J connectivity index is 2.65. The van der Waals surface area contributed by atoms with Gasteiger partial charge in [-0.15, -0.1) is 0 Å². The Morgan fingerprint density at radius 1 is 1.41 bits per heavy atom. The molecule has 0 aliphatic rings.